The van der Waals surface area contributed by atoms with Crippen LogP contribution in [0.3, 0.4) is 0 Å². The highest BCUT2D eigenvalue weighted by Gasteiger charge is 2.46. The van der Waals surface area contributed by atoms with Gasteiger partial charge in [0.1, 0.15) is 0 Å². The monoisotopic (exact) mass is 579 g/mol. The summed E-state index contributed by atoms with van der Waals surface area (Å²) in [5.74, 6) is -0.705. The molecule has 40 heavy (non-hydrogen) atoms. The van der Waals surface area contributed by atoms with Crippen molar-refractivity contribution in [1.29, 1.82) is 0 Å². The van der Waals surface area contributed by atoms with E-state index >= 15 is 0 Å². The molecule has 0 spiro atoms. The summed E-state index contributed by atoms with van der Waals surface area (Å²) in [4.78, 5) is 33.8. The van der Waals surface area contributed by atoms with E-state index < -0.39 is 12.0 Å². The van der Waals surface area contributed by atoms with Gasteiger partial charge in [0, 0.05) is 67.7 Å². The molecule has 0 unspecified atom stereocenters. The summed E-state index contributed by atoms with van der Waals surface area (Å²) in [6.45, 7) is 3.74. The first-order valence-corrected chi connectivity index (χ1v) is 14.6. The molecular formula is C32H35Cl2N3O3. The van der Waals surface area contributed by atoms with Crippen LogP contribution >= 0.6 is 23.2 Å². The Hall–Kier alpha value is -3.06. The SMILES string of the molecule is COCCCN(Cc1ccc(N2CCCC2)cc1)C(=O)[C@H]1CC(=O)N(c2cccc(Cl)c2)[C@@H]1c1ccc(Cl)cc1. The first-order valence-electron chi connectivity index (χ1n) is 13.9. The van der Waals surface area contributed by atoms with Gasteiger partial charge in [0.15, 0.2) is 0 Å². The number of hydrogen-bond donors (Lipinski definition) is 0. The minimum Gasteiger partial charge on any atom is -0.385 e. The number of amides is 2. The molecule has 8 heteroatoms. The van der Waals surface area contributed by atoms with E-state index in [4.69, 9.17) is 27.9 Å². The van der Waals surface area contributed by atoms with Crippen LogP contribution in [-0.4, -0.2) is 50.1 Å². The molecule has 0 radical (unpaired) electrons. The standard InChI is InChI=1S/C32H35Cl2N3O3/c1-40-19-5-18-36(22-23-8-14-27(15-9-23)35-16-2-3-17-35)32(39)29-21-30(38)37(28-7-4-6-26(34)20-28)31(29)24-10-12-25(33)13-11-24/h4,6-15,20,29,31H,2-3,5,16-19,21-22H2,1H3/t29-,31+/m0/s1. The van der Waals surface area contributed by atoms with Crippen LogP contribution in [0.25, 0.3) is 0 Å². The van der Waals surface area contributed by atoms with E-state index in [1.54, 1.807) is 36.3 Å². The van der Waals surface area contributed by atoms with Crippen molar-refractivity contribution in [3.05, 3.63) is 94.0 Å². The molecule has 0 aromatic heterocycles. The molecule has 2 fully saturated rings. The number of ether oxygens (including phenoxy) is 1. The van der Waals surface area contributed by atoms with Crippen LogP contribution in [0.2, 0.25) is 10.0 Å². The normalized spacial score (nSPS) is 18.9. The molecule has 210 valence electrons. The predicted octanol–water partition coefficient (Wildman–Crippen LogP) is 6.75. The van der Waals surface area contributed by atoms with Gasteiger partial charge in [-0.2, -0.15) is 0 Å². The zero-order chi connectivity index (χ0) is 28.1. The van der Waals surface area contributed by atoms with E-state index in [0.717, 1.165) is 24.2 Å². The molecule has 2 heterocycles. The highest BCUT2D eigenvalue weighted by Crippen LogP contribution is 2.43. The summed E-state index contributed by atoms with van der Waals surface area (Å²) in [5, 5.41) is 1.14. The lowest BCUT2D eigenvalue weighted by atomic mass is 9.91. The molecule has 0 bridgehead atoms. The van der Waals surface area contributed by atoms with E-state index in [1.165, 1.54) is 18.5 Å². The van der Waals surface area contributed by atoms with E-state index in [-0.39, 0.29) is 18.2 Å². The molecule has 3 aromatic rings. The van der Waals surface area contributed by atoms with Crippen LogP contribution in [0.1, 0.15) is 42.9 Å². The molecular weight excluding hydrogens is 545 g/mol. The van der Waals surface area contributed by atoms with Crippen LogP contribution in [0, 0.1) is 5.92 Å². The summed E-state index contributed by atoms with van der Waals surface area (Å²) >= 11 is 12.5. The Labute approximate surface area is 246 Å². The fourth-order valence-electron chi connectivity index (χ4n) is 5.84. The Bertz CT molecular complexity index is 1310. The highest BCUT2D eigenvalue weighted by molar-refractivity contribution is 6.31. The largest absolute Gasteiger partial charge is 0.385 e. The summed E-state index contributed by atoms with van der Waals surface area (Å²) in [6.07, 6.45) is 3.28. The smallest absolute Gasteiger partial charge is 0.228 e. The third kappa shape index (κ3) is 6.46. The van der Waals surface area contributed by atoms with Crippen molar-refractivity contribution in [3.8, 4) is 0 Å². The maximum absolute atomic E-state index is 14.3. The Morgan fingerprint density at radius 3 is 2.35 bits per heavy atom. The van der Waals surface area contributed by atoms with Gasteiger partial charge >= 0.3 is 0 Å². The van der Waals surface area contributed by atoms with Gasteiger partial charge in [-0.1, -0.05) is 53.5 Å². The predicted molar refractivity (Wildman–Crippen MR) is 161 cm³/mol. The highest BCUT2D eigenvalue weighted by atomic mass is 35.5. The molecule has 2 aliphatic rings. The molecule has 0 saturated carbocycles. The van der Waals surface area contributed by atoms with Gasteiger partial charge in [-0.25, -0.2) is 0 Å². The third-order valence-corrected chi connectivity index (χ3v) is 8.29. The Morgan fingerprint density at radius 1 is 0.950 bits per heavy atom. The number of methoxy groups -OCH3 is 1. The number of anilines is 2. The minimum absolute atomic E-state index is 0.0439. The fraction of sp³-hybridized carbons (Fsp3) is 0.375. The first kappa shape index (κ1) is 28.5. The van der Waals surface area contributed by atoms with Gasteiger partial charge in [0.25, 0.3) is 0 Å². The molecule has 2 amide bonds. The Kier molecular flexibility index (Phi) is 9.30. The molecule has 5 rings (SSSR count). The van der Waals surface area contributed by atoms with Crippen molar-refractivity contribution in [1.82, 2.24) is 4.90 Å². The molecule has 3 aromatic carbocycles. The topological polar surface area (TPSA) is 53.1 Å². The Morgan fingerprint density at radius 2 is 1.68 bits per heavy atom. The quantitative estimate of drug-likeness (QED) is 0.249. The van der Waals surface area contributed by atoms with Crippen LogP contribution in [0.15, 0.2) is 72.8 Å². The molecule has 6 nitrogen and oxygen atoms in total. The lowest BCUT2D eigenvalue weighted by molar-refractivity contribution is -0.137. The van der Waals surface area contributed by atoms with Crippen LogP contribution in [0.4, 0.5) is 11.4 Å². The lowest BCUT2D eigenvalue weighted by Gasteiger charge is -2.32. The number of hydrogen-bond acceptors (Lipinski definition) is 4. The molecule has 2 saturated heterocycles. The van der Waals surface area contributed by atoms with Crippen molar-refractivity contribution < 1.29 is 14.3 Å². The number of benzene rings is 3. The van der Waals surface area contributed by atoms with Crippen molar-refractivity contribution >= 4 is 46.4 Å². The molecule has 2 aliphatic heterocycles. The molecule has 0 N–H and O–H groups in total. The van der Waals surface area contributed by atoms with E-state index in [1.807, 2.05) is 29.2 Å². The lowest BCUT2D eigenvalue weighted by Crippen LogP contribution is -2.39. The maximum atomic E-state index is 14.3. The third-order valence-electron chi connectivity index (χ3n) is 7.81. The van der Waals surface area contributed by atoms with Gasteiger partial charge in [0.05, 0.1) is 12.0 Å². The second-order valence-corrected chi connectivity index (χ2v) is 11.4. The van der Waals surface area contributed by atoms with Crippen LogP contribution in [0.5, 0.6) is 0 Å². The van der Waals surface area contributed by atoms with Gasteiger partial charge in [-0.05, 0) is 72.9 Å². The summed E-state index contributed by atoms with van der Waals surface area (Å²) in [6, 6.07) is 22.7. The second-order valence-electron chi connectivity index (χ2n) is 10.5. The van der Waals surface area contributed by atoms with E-state index in [9.17, 15) is 9.59 Å². The zero-order valence-corrected chi connectivity index (χ0v) is 24.3. The zero-order valence-electron chi connectivity index (χ0n) is 22.8. The second kappa shape index (κ2) is 13.1. The van der Waals surface area contributed by atoms with E-state index in [0.29, 0.717) is 41.8 Å². The number of halogens is 2. The summed E-state index contributed by atoms with van der Waals surface area (Å²) in [5.41, 5.74) is 3.82. The average Bonchev–Trinajstić information content (AvgIpc) is 3.61. The van der Waals surface area contributed by atoms with Crippen molar-refractivity contribution in [2.24, 2.45) is 5.92 Å². The van der Waals surface area contributed by atoms with Gasteiger partial charge < -0.3 is 19.4 Å². The fourth-order valence-corrected chi connectivity index (χ4v) is 6.15. The number of nitrogens with zero attached hydrogens (tertiary/aromatic N) is 3. The molecule has 2 atom stereocenters. The van der Waals surface area contributed by atoms with Gasteiger partial charge in [-0.15, -0.1) is 0 Å². The van der Waals surface area contributed by atoms with Crippen LogP contribution < -0.4 is 9.80 Å². The van der Waals surface area contributed by atoms with Crippen molar-refractivity contribution in [3.63, 3.8) is 0 Å². The van der Waals surface area contributed by atoms with Crippen molar-refractivity contribution in [2.45, 2.75) is 38.3 Å². The number of carbonyl (C=O) groups excluding carboxylic acids is 2. The first-order chi connectivity index (χ1) is 19.4. The average molecular weight is 581 g/mol. The van der Waals surface area contributed by atoms with E-state index in [2.05, 4.69) is 29.2 Å². The number of rotatable bonds is 10. The Balaban J connectivity index is 1.44. The molecule has 0 aliphatic carbocycles. The van der Waals surface area contributed by atoms with Gasteiger partial charge in [-0.3, -0.25) is 9.59 Å². The van der Waals surface area contributed by atoms with Crippen LogP contribution in [-0.2, 0) is 20.9 Å². The van der Waals surface area contributed by atoms with Gasteiger partial charge in [0.2, 0.25) is 11.8 Å². The summed E-state index contributed by atoms with van der Waals surface area (Å²) < 4.78 is 5.29. The number of carbonyl (C=O) groups is 2. The summed E-state index contributed by atoms with van der Waals surface area (Å²) in [7, 11) is 1.66. The van der Waals surface area contributed by atoms with Crippen molar-refractivity contribution in [2.75, 3.05) is 43.2 Å². The minimum atomic E-state index is -0.556. The maximum Gasteiger partial charge on any atom is 0.228 e.